The summed E-state index contributed by atoms with van der Waals surface area (Å²) in [7, 11) is 5.75. The number of anilines is 1. The number of rotatable bonds is 8. The molecule has 2 aromatic rings. The quantitative estimate of drug-likeness (QED) is 0.263. The Labute approximate surface area is 222 Å². The Morgan fingerprint density at radius 2 is 1.53 bits per heavy atom. The molecule has 0 unspecified atom stereocenters. The molecule has 1 aliphatic carbocycles. The normalized spacial score (nSPS) is 14.2. The van der Waals surface area contributed by atoms with Crippen LogP contribution in [0.3, 0.4) is 0 Å². The van der Waals surface area contributed by atoms with Gasteiger partial charge in [0.2, 0.25) is 0 Å². The second kappa shape index (κ2) is 14.2. The molecule has 0 spiro atoms. The van der Waals surface area contributed by atoms with E-state index in [-0.39, 0.29) is 29.9 Å². The van der Waals surface area contributed by atoms with Gasteiger partial charge in [0, 0.05) is 51.5 Å². The number of hydrogen-bond donors (Lipinski definition) is 2. The summed E-state index contributed by atoms with van der Waals surface area (Å²) in [6.45, 7) is 4.13. The monoisotopic (exact) mass is 577 g/mol. The third kappa shape index (κ3) is 8.18. The maximum atomic E-state index is 12.0. The molecular weight excluding hydrogens is 537 g/mol. The van der Waals surface area contributed by atoms with Crippen molar-refractivity contribution in [2.45, 2.75) is 58.2 Å². The van der Waals surface area contributed by atoms with Gasteiger partial charge in [0.25, 0.3) is 5.91 Å². The molecule has 0 aromatic heterocycles. The lowest BCUT2D eigenvalue weighted by Crippen LogP contribution is -2.36. The number of amides is 1. The molecule has 0 aliphatic heterocycles. The van der Waals surface area contributed by atoms with Crippen LogP contribution in [-0.2, 0) is 13.1 Å². The number of benzene rings is 2. The zero-order valence-corrected chi connectivity index (χ0v) is 23.3. The number of aliphatic imine (C=N–C) groups is 1. The van der Waals surface area contributed by atoms with Crippen LogP contribution < -0.4 is 15.5 Å². The van der Waals surface area contributed by atoms with Crippen LogP contribution in [0.15, 0.2) is 53.5 Å². The number of nitrogens with one attached hydrogen (secondary N) is 2. The molecule has 2 N–H and O–H groups in total. The third-order valence-electron chi connectivity index (χ3n) is 6.30. The summed E-state index contributed by atoms with van der Waals surface area (Å²) < 4.78 is 0. The highest BCUT2D eigenvalue weighted by atomic mass is 127. The van der Waals surface area contributed by atoms with E-state index in [0.29, 0.717) is 24.7 Å². The minimum atomic E-state index is 0. The summed E-state index contributed by atoms with van der Waals surface area (Å²) in [6, 6.07) is 17.2. The van der Waals surface area contributed by atoms with E-state index >= 15 is 0 Å². The summed E-state index contributed by atoms with van der Waals surface area (Å²) in [6.07, 6.45) is 6.68. The molecule has 1 aliphatic rings. The second-order valence-electron chi connectivity index (χ2n) is 9.01. The fraction of sp³-hybridized carbons (Fsp3) is 0.481. The third-order valence-corrected chi connectivity index (χ3v) is 6.30. The van der Waals surface area contributed by atoms with Crippen LogP contribution in [0.5, 0.6) is 0 Å². The van der Waals surface area contributed by atoms with E-state index in [9.17, 15) is 4.79 Å². The van der Waals surface area contributed by atoms with Crippen molar-refractivity contribution in [1.29, 1.82) is 0 Å². The molecule has 1 saturated carbocycles. The van der Waals surface area contributed by atoms with Crippen LogP contribution in [-0.4, -0.2) is 50.5 Å². The van der Waals surface area contributed by atoms with E-state index in [2.05, 4.69) is 53.8 Å². The van der Waals surface area contributed by atoms with Gasteiger partial charge in [0.15, 0.2) is 5.96 Å². The standard InChI is InChI=1S/C27H39N5O.HI/c1-5-28-27(29-19-21-11-15-23(16-12-21)26(33)31(2)3)30-20-22-13-17-25(18-14-22)32(4)24-9-7-6-8-10-24;/h11-18,24H,5-10,19-20H2,1-4H3,(H2,28,29,30);1H. The van der Waals surface area contributed by atoms with Crippen molar-refractivity contribution in [2.24, 2.45) is 4.99 Å². The summed E-state index contributed by atoms with van der Waals surface area (Å²) in [4.78, 5) is 20.8. The van der Waals surface area contributed by atoms with Crippen LogP contribution in [0.2, 0.25) is 0 Å². The molecule has 0 saturated heterocycles. The molecule has 186 valence electrons. The fourth-order valence-electron chi connectivity index (χ4n) is 4.24. The van der Waals surface area contributed by atoms with Crippen molar-refractivity contribution >= 4 is 41.5 Å². The van der Waals surface area contributed by atoms with Crippen LogP contribution in [0.1, 0.15) is 60.5 Å². The summed E-state index contributed by atoms with van der Waals surface area (Å²) in [5.41, 5.74) is 4.28. The molecule has 0 bridgehead atoms. The van der Waals surface area contributed by atoms with Crippen LogP contribution in [0, 0.1) is 0 Å². The SMILES string of the molecule is CCNC(=NCc1ccc(N(C)C2CCCCC2)cc1)NCc1ccc(C(=O)N(C)C)cc1.I. The molecular formula is C27H40IN5O. The maximum Gasteiger partial charge on any atom is 0.253 e. The zero-order chi connectivity index (χ0) is 23.6. The van der Waals surface area contributed by atoms with Crippen molar-refractivity contribution in [3.8, 4) is 0 Å². The molecule has 7 heteroatoms. The molecule has 0 heterocycles. The van der Waals surface area contributed by atoms with Gasteiger partial charge in [-0.25, -0.2) is 4.99 Å². The summed E-state index contributed by atoms with van der Waals surface area (Å²) in [5.74, 6) is 0.801. The Balaban J connectivity index is 0.00000408. The summed E-state index contributed by atoms with van der Waals surface area (Å²) >= 11 is 0. The van der Waals surface area contributed by atoms with E-state index in [1.807, 2.05) is 24.3 Å². The molecule has 2 aromatic carbocycles. The van der Waals surface area contributed by atoms with Crippen LogP contribution in [0.4, 0.5) is 5.69 Å². The predicted molar refractivity (Wildman–Crippen MR) is 153 cm³/mol. The average Bonchev–Trinajstić information content (AvgIpc) is 2.86. The van der Waals surface area contributed by atoms with Crippen molar-refractivity contribution in [1.82, 2.24) is 15.5 Å². The van der Waals surface area contributed by atoms with Crippen molar-refractivity contribution in [3.05, 3.63) is 65.2 Å². The Bertz CT molecular complexity index is 906. The predicted octanol–water partition coefficient (Wildman–Crippen LogP) is 5.03. The van der Waals surface area contributed by atoms with Crippen LogP contribution in [0.25, 0.3) is 0 Å². The summed E-state index contributed by atoms with van der Waals surface area (Å²) in [5, 5.41) is 6.70. The topological polar surface area (TPSA) is 60.0 Å². The molecule has 0 radical (unpaired) electrons. The first kappa shape index (κ1) is 28.0. The first-order valence-corrected chi connectivity index (χ1v) is 12.1. The van der Waals surface area contributed by atoms with Crippen LogP contribution >= 0.6 is 24.0 Å². The molecule has 1 fully saturated rings. The molecule has 34 heavy (non-hydrogen) atoms. The smallest absolute Gasteiger partial charge is 0.253 e. The highest BCUT2D eigenvalue weighted by Crippen LogP contribution is 2.26. The van der Waals surface area contributed by atoms with E-state index < -0.39 is 0 Å². The number of halogens is 1. The van der Waals surface area contributed by atoms with Gasteiger partial charge in [-0.3, -0.25) is 4.79 Å². The number of carbonyl (C=O) groups excluding carboxylic acids is 1. The van der Waals surface area contributed by atoms with E-state index in [0.717, 1.165) is 18.1 Å². The van der Waals surface area contributed by atoms with Gasteiger partial charge in [-0.15, -0.1) is 24.0 Å². The first-order chi connectivity index (χ1) is 16.0. The Morgan fingerprint density at radius 1 is 0.912 bits per heavy atom. The Hall–Kier alpha value is -2.29. The molecule has 3 rings (SSSR count). The van der Waals surface area contributed by atoms with Crippen molar-refractivity contribution in [2.75, 3.05) is 32.6 Å². The van der Waals surface area contributed by atoms with Gasteiger partial charge >= 0.3 is 0 Å². The van der Waals surface area contributed by atoms with E-state index in [1.54, 1.807) is 19.0 Å². The number of hydrogen-bond acceptors (Lipinski definition) is 3. The maximum absolute atomic E-state index is 12.0. The second-order valence-corrected chi connectivity index (χ2v) is 9.01. The Morgan fingerprint density at radius 3 is 2.12 bits per heavy atom. The molecule has 1 amide bonds. The lowest BCUT2D eigenvalue weighted by atomic mass is 9.94. The molecule has 6 nitrogen and oxygen atoms in total. The van der Waals surface area contributed by atoms with Gasteiger partial charge in [0.05, 0.1) is 6.54 Å². The Kier molecular flexibility index (Phi) is 11.7. The fourth-order valence-corrected chi connectivity index (χ4v) is 4.24. The zero-order valence-electron chi connectivity index (χ0n) is 21.0. The van der Waals surface area contributed by atoms with Crippen molar-refractivity contribution < 1.29 is 4.79 Å². The minimum Gasteiger partial charge on any atom is -0.372 e. The lowest BCUT2D eigenvalue weighted by Gasteiger charge is -2.33. The number of carbonyl (C=O) groups is 1. The largest absolute Gasteiger partial charge is 0.372 e. The first-order valence-electron chi connectivity index (χ1n) is 12.1. The number of guanidine groups is 1. The van der Waals surface area contributed by atoms with Crippen molar-refractivity contribution in [3.63, 3.8) is 0 Å². The van der Waals surface area contributed by atoms with Gasteiger partial charge in [-0.2, -0.15) is 0 Å². The van der Waals surface area contributed by atoms with Gasteiger partial charge in [-0.05, 0) is 55.2 Å². The minimum absolute atomic E-state index is 0. The van der Waals surface area contributed by atoms with Gasteiger partial charge < -0.3 is 20.4 Å². The van der Waals surface area contributed by atoms with Gasteiger partial charge in [-0.1, -0.05) is 43.5 Å². The van der Waals surface area contributed by atoms with Gasteiger partial charge in [0.1, 0.15) is 0 Å². The van der Waals surface area contributed by atoms with E-state index in [1.165, 1.54) is 43.4 Å². The lowest BCUT2D eigenvalue weighted by molar-refractivity contribution is 0.0827. The average molecular weight is 578 g/mol. The molecule has 0 atom stereocenters. The van der Waals surface area contributed by atoms with E-state index in [4.69, 9.17) is 4.99 Å². The number of nitrogens with zero attached hydrogens (tertiary/aromatic N) is 3. The highest BCUT2D eigenvalue weighted by Gasteiger charge is 2.18. The highest BCUT2D eigenvalue weighted by molar-refractivity contribution is 14.0.